The van der Waals surface area contributed by atoms with Gasteiger partial charge in [0.15, 0.2) is 0 Å². The van der Waals surface area contributed by atoms with E-state index >= 15 is 0 Å². The Morgan fingerprint density at radius 3 is 2.81 bits per heavy atom. The molecule has 0 saturated carbocycles. The SMILES string of the molecule is CO[C@H]1CCCN([C@H]2COc3ccccc3[C@@H]2Nc2cccc3nn(C(F)(F)F)cc23)C1. The van der Waals surface area contributed by atoms with Crippen LogP contribution in [0.1, 0.15) is 24.4 Å². The largest absolute Gasteiger partial charge is 0.504 e. The van der Waals surface area contributed by atoms with Crippen molar-refractivity contribution in [2.75, 3.05) is 32.1 Å². The van der Waals surface area contributed by atoms with E-state index in [-0.39, 0.29) is 22.9 Å². The number of piperidine rings is 1. The number of para-hydroxylation sites is 1. The number of halogens is 3. The van der Waals surface area contributed by atoms with Gasteiger partial charge in [0.05, 0.1) is 23.7 Å². The van der Waals surface area contributed by atoms with Crippen LogP contribution in [-0.2, 0) is 11.0 Å². The second kappa shape index (κ2) is 8.29. The fraction of sp³-hybridized carbons (Fsp3) is 0.435. The van der Waals surface area contributed by atoms with Crippen LogP contribution in [0, 0.1) is 0 Å². The zero-order valence-corrected chi connectivity index (χ0v) is 17.7. The summed E-state index contributed by atoms with van der Waals surface area (Å²) in [5, 5.41) is 7.69. The summed E-state index contributed by atoms with van der Waals surface area (Å²) in [5.74, 6) is 0.791. The third-order valence-electron chi connectivity index (χ3n) is 6.38. The van der Waals surface area contributed by atoms with E-state index in [1.54, 1.807) is 25.3 Å². The monoisotopic (exact) mass is 446 g/mol. The molecule has 0 radical (unpaired) electrons. The summed E-state index contributed by atoms with van der Waals surface area (Å²) >= 11 is 0. The van der Waals surface area contributed by atoms with Gasteiger partial charge in [-0.1, -0.05) is 24.3 Å². The first-order valence-corrected chi connectivity index (χ1v) is 10.7. The second-order valence-electron chi connectivity index (χ2n) is 8.31. The van der Waals surface area contributed by atoms with Gasteiger partial charge >= 0.3 is 6.30 Å². The Balaban J connectivity index is 1.52. The van der Waals surface area contributed by atoms with Crippen LogP contribution in [0.25, 0.3) is 10.9 Å². The summed E-state index contributed by atoms with van der Waals surface area (Å²) in [5.41, 5.74) is 1.90. The highest BCUT2D eigenvalue weighted by molar-refractivity contribution is 5.91. The quantitative estimate of drug-likeness (QED) is 0.638. The lowest BCUT2D eigenvalue weighted by Gasteiger charge is -2.44. The molecule has 2 aliphatic heterocycles. The van der Waals surface area contributed by atoms with Crippen molar-refractivity contribution in [3.05, 3.63) is 54.2 Å². The van der Waals surface area contributed by atoms with E-state index in [4.69, 9.17) is 9.47 Å². The van der Waals surface area contributed by atoms with Crippen molar-refractivity contribution >= 4 is 16.6 Å². The van der Waals surface area contributed by atoms with Crippen molar-refractivity contribution in [1.82, 2.24) is 14.7 Å². The molecular weight excluding hydrogens is 421 g/mol. The van der Waals surface area contributed by atoms with Crippen molar-refractivity contribution in [3.8, 4) is 5.75 Å². The maximum absolute atomic E-state index is 13.2. The highest BCUT2D eigenvalue weighted by atomic mass is 19.4. The molecule has 32 heavy (non-hydrogen) atoms. The normalized spacial score (nSPS) is 24.2. The van der Waals surface area contributed by atoms with Gasteiger partial charge in [0.2, 0.25) is 0 Å². The maximum atomic E-state index is 13.2. The van der Waals surface area contributed by atoms with Crippen LogP contribution in [0.2, 0.25) is 0 Å². The summed E-state index contributed by atoms with van der Waals surface area (Å²) < 4.78 is 51.4. The number of fused-ring (bicyclic) bond motifs is 2. The number of benzene rings is 2. The fourth-order valence-electron chi connectivity index (χ4n) is 4.76. The van der Waals surface area contributed by atoms with Gasteiger partial charge in [0.1, 0.15) is 12.4 Å². The number of alkyl halides is 3. The Morgan fingerprint density at radius 2 is 2.00 bits per heavy atom. The predicted octanol–water partition coefficient (Wildman–Crippen LogP) is 4.54. The van der Waals surface area contributed by atoms with Crippen LogP contribution >= 0.6 is 0 Å². The van der Waals surface area contributed by atoms with Gasteiger partial charge in [-0.3, -0.25) is 4.90 Å². The molecule has 1 saturated heterocycles. The van der Waals surface area contributed by atoms with Crippen molar-refractivity contribution < 1.29 is 22.6 Å². The molecule has 0 spiro atoms. The Morgan fingerprint density at radius 1 is 1.16 bits per heavy atom. The van der Waals surface area contributed by atoms with E-state index in [1.165, 1.54) is 0 Å². The minimum Gasteiger partial charge on any atom is -0.491 e. The topological polar surface area (TPSA) is 51.6 Å². The average Bonchev–Trinajstić information content (AvgIpc) is 3.25. The maximum Gasteiger partial charge on any atom is 0.504 e. The van der Waals surface area contributed by atoms with Gasteiger partial charge in [0, 0.05) is 36.5 Å². The van der Waals surface area contributed by atoms with Crippen LogP contribution in [0.5, 0.6) is 5.75 Å². The molecule has 3 heterocycles. The summed E-state index contributed by atoms with van der Waals surface area (Å²) in [4.78, 5) is 2.37. The predicted molar refractivity (Wildman–Crippen MR) is 115 cm³/mol. The van der Waals surface area contributed by atoms with Gasteiger partial charge in [-0.05, 0) is 37.6 Å². The number of anilines is 1. The van der Waals surface area contributed by atoms with Crippen molar-refractivity contribution in [1.29, 1.82) is 0 Å². The summed E-state index contributed by atoms with van der Waals surface area (Å²) in [6.45, 7) is 2.20. The number of hydrogen-bond donors (Lipinski definition) is 1. The number of nitrogens with one attached hydrogen (secondary N) is 1. The molecule has 0 amide bonds. The number of rotatable bonds is 4. The molecule has 1 N–H and O–H groups in total. The molecular formula is C23H25F3N4O2. The molecule has 0 unspecified atom stereocenters. The molecule has 2 aromatic carbocycles. The highest BCUT2D eigenvalue weighted by Gasteiger charge is 2.38. The van der Waals surface area contributed by atoms with Crippen LogP contribution in [0.3, 0.4) is 0 Å². The van der Waals surface area contributed by atoms with Crippen molar-refractivity contribution in [3.63, 3.8) is 0 Å². The molecule has 3 atom stereocenters. The van der Waals surface area contributed by atoms with Gasteiger partial charge in [-0.15, -0.1) is 13.2 Å². The minimum atomic E-state index is -4.56. The first-order valence-electron chi connectivity index (χ1n) is 10.7. The first-order chi connectivity index (χ1) is 15.4. The zero-order chi connectivity index (χ0) is 22.3. The first kappa shape index (κ1) is 21.1. The molecule has 2 aliphatic rings. The van der Waals surface area contributed by atoms with Gasteiger partial charge in [-0.2, -0.15) is 9.78 Å². The fourth-order valence-corrected chi connectivity index (χ4v) is 4.76. The van der Waals surface area contributed by atoms with Crippen molar-refractivity contribution in [2.24, 2.45) is 0 Å². The Bertz CT molecular complexity index is 1100. The van der Waals surface area contributed by atoms with E-state index in [1.807, 2.05) is 24.3 Å². The average molecular weight is 446 g/mol. The molecule has 5 rings (SSSR count). The van der Waals surface area contributed by atoms with E-state index in [0.717, 1.165) is 43.4 Å². The highest BCUT2D eigenvalue weighted by Crippen LogP contribution is 2.39. The van der Waals surface area contributed by atoms with Crippen LogP contribution < -0.4 is 10.1 Å². The molecule has 6 nitrogen and oxygen atoms in total. The standard InChI is InChI=1S/C23H25F3N4O2/c1-31-15-6-5-11-29(12-15)20-14-32-21-10-3-2-7-16(21)22(20)27-18-8-4-9-19-17(18)13-30(28-19)23(24,25)26/h2-4,7-10,13,15,20,22,27H,5-6,11-12,14H2,1H3/t15-,20-,22-/m0/s1. The van der Waals surface area contributed by atoms with Gasteiger partial charge in [0.25, 0.3) is 0 Å². The molecule has 1 fully saturated rings. The van der Waals surface area contributed by atoms with Gasteiger partial charge in [-0.25, -0.2) is 0 Å². The Hall–Kier alpha value is -2.78. The Kier molecular flexibility index (Phi) is 5.46. The number of nitrogens with zero attached hydrogens (tertiary/aromatic N) is 3. The number of aromatic nitrogens is 2. The van der Waals surface area contributed by atoms with E-state index in [2.05, 4.69) is 15.3 Å². The Labute approximate surface area is 183 Å². The van der Waals surface area contributed by atoms with Crippen LogP contribution in [0.15, 0.2) is 48.7 Å². The van der Waals surface area contributed by atoms with E-state index in [9.17, 15) is 13.2 Å². The summed E-state index contributed by atoms with van der Waals surface area (Å²) in [7, 11) is 1.73. The molecule has 3 aromatic rings. The second-order valence-corrected chi connectivity index (χ2v) is 8.31. The third kappa shape index (κ3) is 3.91. The number of hydrogen-bond acceptors (Lipinski definition) is 5. The van der Waals surface area contributed by atoms with E-state index in [0.29, 0.717) is 23.2 Å². The van der Waals surface area contributed by atoms with E-state index < -0.39 is 6.30 Å². The lowest BCUT2D eigenvalue weighted by molar-refractivity contribution is -0.211. The van der Waals surface area contributed by atoms with Crippen molar-refractivity contribution in [2.45, 2.75) is 37.3 Å². The molecule has 1 aromatic heterocycles. The van der Waals surface area contributed by atoms with Crippen LogP contribution in [0.4, 0.5) is 18.9 Å². The molecule has 9 heteroatoms. The molecule has 0 aliphatic carbocycles. The molecule has 170 valence electrons. The van der Waals surface area contributed by atoms with Gasteiger partial charge < -0.3 is 14.8 Å². The third-order valence-corrected chi connectivity index (χ3v) is 6.38. The molecule has 0 bridgehead atoms. The number of ether oxygens (including phenoxy) is 2. The smallest absolute Gasteiger partial charge is 0.491 e. The lowest BCUT2D eigenvalue weighted by Crippen LogP contribution is -2.53. The summed E-state index contributed by atoms with van der Waals surface area (Å²) in [6.07, 6.45) is -1.31. The lowest BCUT2D eigenvalue weighted by atomic mass is 9.92. The number of likely N-dealkylation sites (tertiary alicyclic amines) is 1. The summed E-state index contributed by atoms with van der Waals surface area (Å²) in [6, 6.07) is 12.8. The number of methoxy groups -OCH3 is 1. The zero-order valence-electron chi connectivity index (χ0n) is 17.7. The minimum absolute atomic E-state index is 0.00997. The van der Waals surface area contributed by atoms with Crippen LogP contribution in [-0.4, -0.2) is 53.6 Å².